The van der Waals surface area contributed by atoms with Crippen LogP contribution in [0.4, 0.5) is 10.1 Å². The first-order valence-electron chi connectivity index (χ1n) is 6.06. The van der Waals surface area contributed by atoms with Crippen LogP contribution in [-0.2, 0) is 13.0 Å². The molecule has 2 aromatic carbocycles. The van der Waals surface area contributed by atoms with Gasteiger partial charge in [0.25, 0.3) is 0 Å². The van der Waals surface area contributed by atoms with E-state index in [0.29, 0.717) is 23.6 Å². The fraction of sp³-hybridized carbons (Fsp3) is 0.200. The predicted molar refractivity (Wildman–Crippen MR) is 76.0 cm³/mol. The lowest BCUT2D eigenvalue weighted by molar-refractivity contribution is 0.299. The van der Waals surface area contributed by atoms with Crippen molar-refractivity contribution in [3.8, 4) is 0 Å². The Hall–Kier alpha value is -1.58. The number of halogens is 2. The molecule has 19 heavy (non-hydrogen) atoms. The van der Waals surface area contributed by atoms with Crippen molar-refractivity contribution in [1.29, 1.82) is 0 Å². The number of benzene rings is 2. The first kappa shape index (κ1) is 13.8. The molecule has 0 saturated heterocycles. The monoisotopic (exact) mass is 279 g/mol. The molecule has 2 aromatic rings. The van der Waals surface area contributed by atoms with Gasteiger partial charge in [0.15, 0.2) is 0 Å². The van der Waals surface area contributed by atoms with E-state index in [1.54, 1.807) is 12.1 Å². The van der Waals surface area contributed by atoms with Gasteiger partial charge in [-0.2, -0.15) is 0 Å². The average molecular weight is 280 g/mol. The molecule has 2 rings (SSSR count). The summed E-state index contributed by atoms with van der Waals surface area (Å²) in [5, 5.41) is 12.4. The molecule has 0 radical (unpaired) electrons. The highest BCUT2D eigenvalue weighted by atomic mass is 35.5. The normalized spacial score (nSPS) is 10.5. The summed E-state index contributed by atoms with van der Waals surface area (Å²) >= 11 is 5.70. The average Bonchev–Trinajstić information content (AvgIpc) is 2.40. The molecule has 2 nitrogen and oxygen atoms in total. The van der Waals surface area contributed by atoms with Crippen molar-refractivity contribution in [2.45, 2.75) is 13.0 Å². The van der Waals surface area contributed by atoms with Crippen LogP contribution in [0.15, 0.2) is 42.5 Å². The van der Waals surface area contributed by atoms with E-state index in [0.717, 1.165) is 11.3 Å². The van der Waals surface area contributed by atoms with Crippen molar-refractivity contribution in [1.82, 2.24) is 0 Å². The molecular formula is C15H15ClFNO. The van der Waals surface area contributed by atoms with Crippen LogP contribution in [0.1, 0.15) is 11.1 Å². The predicted octanol–water partition coefficient (Wildman–Crippen LogP) is 3.63. The maximum absolute atomic E-state index is 13.6. The van der Waals surface area contributed by atoms with Gasteiger partial charge in [0, 0.05) is 29.4 Å². The number of aliphatic hydroxyl groups excluding tert-OH is 1. The van der Waals surface area contributed by atoms with Gasteiger partial charge in [-0.3, -0.25) is 0 Å². The van der Waals surface area contributed by atoms with Crippen LogP contribution in [-0.4, -0.2) is 11.7 Å². The Kier molecular flexibility index (Phi) is 4.77. The first-order valence-corrected chi connectivity index (χ1v) is 6.44. The highest BCUT2D eigenvalue weighted by molar-refractivity contribution is 6.30. The molecule has 0 bridgehead atoms. The Morgan fingerprint density at radius 3 is 2.47 bits per heavy atom. The Morgan fingerprint density at radius 2 is 1.84 bits per heavy atom. The van der Waals surface area contributed by atoms with Crippen LogP contribution in [0.25, 0.3) is 0 Å². The molecule has 4 heteroatoms. The summed E-state index contributed by atoms with van der Waals surface area (Å²) in [6.45, 7) is 0.547. The second kappa shape index (κ2) is 6.55. The van der Waals surface area contributed by atoms with Crippen molar-refractivity contribution >= 4 is 17.3 Å². The Morgan fingerprint density at radius 1 is 1.11 bits per heavy atom. The standard InChI is InChI=1S/C15H15ClFNO/c16-13-4-3-12(15(17)9-13)10-18-14-5-1-11(2-6-14)7-8-19/h1-6,9,18-19H,7-8,10H2. The summed E-state index contributed by atoms with van der Waals surface area (Å²) in [4.78, 5) is 0. The van der Waals surface area contributed by atoms with Crippen LogP contribution < -0.4 is 5.32 Å². The number of hydrogen-bond donors (Lipinski definition) is 2. The van der Waals surface area contributed by atoms with Crippen molar-refractivity contribution in [3.05, 3.63) is 64.4 Å². The molecule has 0 aliphatic carbocycles. The summed E-state index contributed by atoms with van der Waals surface area (Å²) in [7, 11) is 0. The van der Waals surface area contributed by atoms with E-state index in [2.05, 4.69) is 5.32 Å². The lowest BCUT2D eigenvalue weighted by atomic mass is 10.1. The van der Waals surface area contributed by atoms with E-state index < -0.39 is 0 Å². The lowest BCUT2D eigenvalue weighted by Gasteiger charge is -2.08. The SMILES string of the molecule is OCCc1ccc(NCc2ccc(Cl)cc2F)cc1. The molecule has 0 unspecified atom stereocenters. The molecular weight excluding hydrogens is 265 g/mol. The van der Waals surface area contributed by atoms with Gasteiger partial charge in [0.2, 0.25) is 0 Å². The number of hydrogen-bond acceptors (Lipinski definition) is 2. The van der Waals surface area contributed by atoms with E-state index in [4.69, 9.17) is 16.7 Å². The van der Waals surface area contributed by atoms with Gasteiger partial charge in [-0.25, -0.2) is 4.39 Å². The van der Waals surface area contributed by atoms with Gasteiger partial charge < -0.3 is 10.4 Å². The molecule has 2 N–H and O–H groups in total. The first-order chi connectivity index (χ1) is 9.19. The number of rotatable bonds is 5. The fourth-order valence-corrected chi connectivity index (χ4v) is 1.94. The van der Waals surface area contributed by atoms with Crippen molar-refractivity contribution in [2.24, 2.45) is 0 Å². The molecule has 0 atom stereocenters. The molecule has 0 aliphatic heterocycles. The highest BCUT2D eigenvalue weighted by Gasteiger charge is 2.02. The maximum atomic E-state index is 13.6. The summed E-state index contributed by atoms with van der Waals surface area (Å²) < 4.78 is 13.6. The van der Waals surface area contributed by atoms with E-state index in [9.17, 15) is 4.39 Å². The minimum atomic E-state index is -0.308. The topological polar surface area (TPSA) is 32.3 Å². The summed E-state index contributed by atoms with van der Waals surface area (Å²) in [6.07, 6.45) is 0.645. The van der Waals surface area contributed by atoms with Gasteiger partial charge in [0.1, 0.15) is 5.82 Å². The third-order valence-corrected chi connectivity index (χ3v) is 3.09. The number of anilines is 1. The summed E-state index contributed by atoms with van der Waals surface area (Å²) in [5.74, 6) is -0.308. The molecule has 0 heterocycles. The lowest BCUT2D eigenvalue weighted by Crippen LogP contribution is -2.02. The van der Waals surface area contributed by atoms with Crippen LogP contribution in [0, 0.1) is 5.82 Å². The fourth-order valence-electron chi connectivity index (χ4n) is 1.78. The van der Waals surface area contributed by atoms with Crippen molar-refractivity contribution in [2.75, 3.05) is 11.9 Å². The number of nitrogens with one attached hydrogen (secondary N) is 1. The molecule has 0 aliphatic rings. The van der Waals surface area contributed by atoms with Gasteiger partial charge in [-0.05, 0) is 36.2 Å². The molecule has 0 fully saturated rings. The van der Waals surface area contributed by atoms with E-state index >= 15 is 0 Å². The Balaban J connectivity index is 1.98. The maximum Gasteiger partial charge on any atom is 0.129 e. The third-order valence-electron chi connectivity index (χ3n) is 2.85. The van der Waals surface area contributed by atoms with Gasteiger partial charge in [0.05, 0.1) is 0 Å². The van der Waals surface area contributed by atoms with Gasteiger partial charge >= 0.3 is 0 Å². The smallest absolute Gasteiger partial charge is 0.129 e. The van der Waals surface area contributed by atoms with Crippen LogP contribution >= 0.6 is 11.6 Å². The largest absolute Gasteiger partial charge is 0.396 e. The zero-order valence-corrected chi connectivity index (χ0v) is 11.1. The molecule has 100 valence electrons. The summed E-state index contributed by atoms with van der Waals surface area (Å²) in [5.41, 5.74) is 2.56. The van der Waals surface area contributed by atoms with E-state index in [-0.39, 0.29) is 12.4 Å². The third kappa shape index (κ3) is 3.94. The minimum absolute atomic E-state index is 0.142. The Labute approximate surface area is 116 Å². The molecule has 0 aromatic heterocycles. The van der Waals surface area contributed by atoms with E-state index in [1.165, 1.54) is 6.07 Å². The van der Waals surface area contributed by atoms with E-state index in [1.807, 2.05) is 24.3 Å². The van der Waals surface area contributed by atoms with Crippen LogP contribution in [0.5, 0.6) is 0 Å². The van der Waals surface area contributed by atoms with Crippen molar-refractivity contribution < 1.29 is 9.50 Å². The van der Waals surface area contributed by atoms with Gasteiger partial charge in [-0.1, -0.05) is 29.8 Å². The molecule has 0 saturated carbocycles. The van der Waals surface area contributed by atoms with Crippen molar-refractivity contribution in [3.63, 3.8) is 0 Å². The second-order valence-electron chi connectivity index (χ2n) is 4.26. The molecule has 0 spiro atoms. The minimum Gasteiger partial charge on any atom is -0.396 e. The van der Waals surface area contributed by atoms with Crippen LogP contribution in [0.3, 0.4) is 0 Å². The van der Waals surface area contributed by atoms with Gasteiger partial charge in [-0.15, -0.1) is 0 Å². The molecule has 0 amide bonds. The number of aliphatic hydroxyl groups is 1. The highest BCUT2D eigenvalue weighted by Crippen LogP contribution is 2.16. The second-order valence-corrected chi connectivity index (χ2v) is 4.70. The zero-order valence-electron chi connectivity index (χ0n) is 10.4. The zero-order chi connectivity index (χ0) is 13.7. The summed E-state index contributed by atoms with van der Waals surface area (Å²) in [6, 6.07) is 12.4. The quantitative estimate of drug-likeness (QED) is 0.876. The van der Waals surface area contributed by atoms with Crippen LogP contribution in [0.2, 0.25) is 5.02 Å². The Bertz CT molecular complexity index is 542.